The van der Waals surface area contributed by atoms with Crippen molar-refractivity contribution in [2.75, 3.05) is 46.2 Å². The molecule has 0 heterocycles. The Balaban J connectivity index is 3.89. The lowest BCUT2D eigenvalue weighted by Gasteiger charge is -2.31. The van der Waals surface area contributed by atoms with Gasteiger partial charge in [0.2, 0.25) is 0 Å². The van der Waals surface area contributed by atoms with E-state index in [-0.39, 0.29) is 6.61 Å². The lowest BCUT2D eigenvalue weighted by molar-refractivity contribution is -0.391. The summed E-state index contributed by atoms with van der Waals surface area (Å²) in [6.07, 6.45) is 2.23. The van der Waals surface area contributed by atoms with E-state index in [4.69, 9.17) is 23.7 Å². The Morgan fingerprint density at radius 2 is 1.21 bits per heavy atom. The van der Waals surface area contributed by atoms with E-state index >= 15 is 0 Å². The van der Waals surface area contributed by atoms with Crippen molar-refractivity contribution in [2.45, 2.75) is 46.5 Å². The highest BCUT2D eigenvalue weighted by Crippen LogP contribution is 2.16. The van der Waals surface area contributed by atoms with Gasteiger partial charge in [-0.3, -0.25) is 0 Å². The fraction of sp³-hybridized carbons (Fsp3) is 1.00. The van der Waals surface area contributed by atoms with Gasteiger partial charge in [-0.25, -0.2) is 0 Å². The molecule has 0 radical (unpaired) electrons. The minimum atomic E-state index is -1.08. The second kappa shape index (κ2) is 12.8. The molecule has 0 rings (SSSR count). The van der Waals surface area contributed by atoms with Gasteiger partial charge in [0.25, 0.3) is 0 Å². The predicted molar refractivity (Wildman–Crippen MR) is 74.2 cm³/mol. The number of ether oxygens (including phenoxy) is 5. The first-order valence-corrected chi connectivity index (χ1v) is 7.32. The van der Waals surface area contributed by atoms with E-state index in [1.165, 1.54) is 0 Å². The molecule has 0 atom stereocenters. The van der Waals surface area contributed by atoms with Crippen molar-refractivity contribution in [3.63, 3.8) is 0 Å². The average Bonchev–Trinajstić information content (AvgIpc) is 2.39. The van der Waals surface area contributed by atoms with Crippen LogP contribution in [0.5, 0.6) is 0 Å². The van der Waals surface area contributed by atoms with Crippen molar-refractivity contribution >= 4 is 0 Å². The molecule has 0 saturated carbocycles. The molecule has 0 aromatic rings. The number of rotatable bonds is 14. The molecule has 19 heavy (non-hydrogen) atoms. The van der Waals surface area contributed by atoms with Crippen molar-refractivity contribution in [3.8, 4) is 0 Å². The van der Waals surface area contributed by atoms with Crippen LogP contribution in [0.4, 0.5) is 0 Å². The van der Waals surface area contributed by atoms with Crippen LogP contribution >= 0.6 is 0 Å². The molecule has 0 spiro atoms. The Labute approximate surface area is 117 Å². The Hall–Kier alpha value is -0.200. The van der Waals surface area contributed by atoms with Crippen LogP contribution in [-0.4, -0.2) is 52.2 Å². The summed E-state index contributed by atoms with van der Waals surface area (Å²) >= 11 is 0. The van der Waals surface area contributed by atoms with Gasteiger partial charge in [-0.2, -0.15) is 0 Å². The SMILES string of the molecule is CCCCOCCOCC(OCC)(OCC)OCC. The highest BCUT2D eigenvalue weighted by Gasteiger charge is 2.32. The summed E-state index contributed by atoms with van der Waals surface area (Å²) in [6, 6.07) is 0. The fourth-order valence-electron chi connectivity index (χ4n) is 1.57. The van der Waals surface area contributed by atoms with E-state index in [1.54, 1.807) is 0 Å². The molecule has 0 aliphatic rings. The molecular weight excluding hydrogens is 248 g/mol. The van der Waals surface area contributed by atoms with Gasteiger partial charge in [0.1, 0.15) is 6.61 Å². The molecule has 0 unspecified atom stereocenters. The topological polar surface area (TPSA) is 46.2 Å². The zero-order valence-electron chi connectivity index (χ0n) is 12.9. The van der Waals surface area contributed by atoms with Gasteiger partial charge in [0, 0.05) is 26.4 Å². The first-order chi connectivity index (χ1) is 9.24. The fourth-order valence-corrected chi connectivity index (χ4v) is 1.57. The molecule has 116 valence electrons. The first-order valence-electron chi connectivity index (χ1n) is 7.32. The Morgan fingerprint density at radius 1 is 0.684 bits per heavy atom. The predicted octanol–water partition coefficient (Wildman–Crippen LogP) is 2.58. The minimum absolute atomic E-state index is 0.250. The summed E-state index contributed by atoms with van der Waals surface area (Å²) in [4.78, 5) is 0. The summed E-state index contributed by atoms with van der Waals surface area (Å²) in [6.45, 7) is 11.5. The van der Waals surface area contributed by atoms with E-state index in [0.29, 0.717) is 33.0 Å². The molecule has 0 fully saturated rings. The van der Waals surface area contributed by atoms with Crippen LogP contribution < -0.4 is 0 Å². The maximum atomic E-state index is 5.55. The molecular formula is C14H30O5. The van der Waals surface area contributed by atoms with Crippen LogP contribution in [-0.2, 0) is 23.7 Å². The standard InChI is InChI=1S/C14H30O5/c1-5-9-10-15-11-12-16-13-14(17-6-2,18-7-3)19-8-4/h5-13H2,1-4H3. The monoisotopic (exact) mass is 278 g/mol. The third-order valence-corrected chi connectivity index (χ3v) is 2.39. The summed E-state index contributed by atoms with van der Waals surface area (Å²) in [5, 5.41) is 0. The van der Waals surface area contributed by atoms with Gasteiger partial charge in [0.15, 0.2) is 0 Å². The van der Waals surface area contributed by atoms with Crippen molar-refractivity contribution in [2.24, 2.45) is 0 Å². The first kappa shape index (κ1) is 18.8. The van der Waals surface area contributed by atoms with Crippen molar-refractivity contribution in [3.05, 3.63) is 0 Å². The highest BCUT2D eigenvalue weighted by atomic mass is 16.9. The molecule has 0 saturated heterocycles. The largest absolute Gasteiger partial charge is 0.379 e. The second-order valence-electron chi connectivity index (χ2n) is 4.00. The molecule has 5 nitrogen and oxygen atoms in total. The van der Waals surface area contributed by atoms with Gasteiger partial charge in [-0.05, 0) is 27.2 Å². The number of hydrogen-bond donors (Lipinski definition) is 0. The molecule has 0 amide bonds. The molecule has 0 bridgehead atoms. The van der Waals surface area contributed by atoms with Crippen LogP contribution in [0.15, 0.2) is 0 Å². The van der Waals surface area contributed by atoms with Crippen LogP contribution in [0.1, 0.15) is 40.5 Å². The van der Waals surface area contributed by atoms with Gasteiger partial charge >= 0.3 is 5.97 Å². The third kappa shape index (κ3) is 9.35. The van der Waals surface area contributed by atoms with Gasteiger partial charge in [-0.1, -0.05) is 13.3 Å². The van der Waals surface area contributed by atoms with Gasteiger partial charge in [-0.15, -0.1) is 0 Å². The maximum Gasteiger partial charge on any atom is 0.307 e. The number of hydrogen-bond acceptors (Lipinski definition) is 5. The molecule has 0 aliphatic carbocycles. The summed E-state index contributed by atoms with van der Waals surface area (Å²) < 4.78 is 27.6. The Morgan fingerprint density at radius 3 is 1.68 bits per heavy atom. The van der Waals surface area contributed by atoms with E-state index in [2.05, 4.69) is 6.92 Å². The average molecular weight is 278 g/mol. The van der Waals surface area contributed by atoms with E-state index in [1.807, 2.05) is 20.8 Å². The zero-order valence-corrected chi connectivity index (χ0v) is 12.9. The Kier molecular flexibility index (Phi) is 12.7. The Bertz CT molecular complexity index is 170. The molecule has 0 aliphatic heterocycles. The second-order valence-corrected chi connectivity index (χ2v) is 4.00. The van der Waals surface area contributed by atoms with E-state index in [9.17, 15) is 0 Å². The maximum absolute atomic E-state index is 5.55. The molecule has 0 N–H and O–H groups in total. The molecule has 5 heteroatoms. The van der Waals surface area contributed by atoms with Gasteiger partial charge in [0.05, 0.1) is 13.2 Å². The van der Waals surface area contributed by atoms with Crippen LogP contribution in [0, 0.1) is 0 Å². The quantitative estimate of drug-likeness (QED) is 0.361. The van der Waals surface area contributed by atoms with E-state index in [0.717, 1.165) is 19.4 Å². The van der Waals surface area contributed by atoms with E-state index < -0.39 is 5.97 Å². The van der Waals surface area contributed by atoms with Gasteiger partial charge < -0.3 is 23.7 Å². The zero-order chi connectivity index (χ0) is 14.4. The highest BCUT2D eigenvalue weighted by molar-refractivity contribution is 4.56. The summed E-state index contributed by atoms with van der Waals surface area (Å²) in [5.74, 6) is -1.08. The van der Waals surface area contributed by atoms with Crippen molar-refractivity contribution < 1.29 is 23.7 Å². The smallest absolute Gasteiger partial charge is 0.307 e. The normalized spacial score (nSPS) is 12.0. The summed E-state index contributed by atoms with van der Waals surface area (Å²) in [5.41, 5.74) is 0. The molecule has 0 aromatic heterocycles. The third-order valence-electron chi connectivity index (χ3n) is 2.39. The van der Waals surface area contributed by atoms with Crippen LogP contribution in [0.3, 0.4) is 0 Å². The lowest BCUT2D eigenvalue weighted by atomic mass is 10.4. The van der Waals surface area contributed by atoms with Crippen molar-refractivity contribution in [1.82, 2.24) is 0 Å². The lowest BCUT2D eigenvalue weighted by Crippen LogP contribution is -2.44. The van der Waals surface area contributed by atoms with Crippen LogP contribution in [0.25, 0.3) is 0 Å². The molecule has 0 aromatic carbocycles. The number of unbranched alkanes of at least 4 members (excludes halogenated alkanes) is 1. The minimum Gasteiger partial charge on any atom is -0.379 e. The van der Waals surface area contributed by atoms with Crippen molar-refractivity contribution in [1.29, 1.82) is 0 Å². The van der Waals surface area contributed by atoms with Crippen LogP contribution in [0.2, 0.25) is 0 Å². The summed E-state index contributed by atoms with van der Waals surface area (Å²) in [7, 11) is 0.